The zero-order chi connectivity index (χ0) is 20.5. The van der Waals surface area contributed by atoms with Gasteiger partial charge in [0.05, 0.1) is 20.2 Å². The lowest BCUT2D eigenvalue weighted by Crippen LogP contribution is -2.47. The maximum Gasteiger partial charge on any atom is 0.240 e. The van der Waals surface area contributed by atoms with E-state index in [2.05, 4.69) is 9.80 Å². The van der Waals surface area contributed by atoms with Crippen LogP contribution in [0.3, 0.4) is 0 Å². The fraction of sp³-hybridized carbons (Fsp3) is 0.522. The first-order valence-corrected chi connectivity index (χ1v) is 12.1. The fourth-order valence-electron chi connectivity index (χ4n) is 4.65. The summed E-state index contributed by atoms with van der Waals surface area (Å²) >= 11 is -1.25. The molecule has 1 saturated carbocycles. The highest BCUT2D eigenvalue weighted by Crippen LogP contribution is 2.28. The van der Waals surface area contributed by atoms with Gasteiger partial charge in [-0.1, -0.05) is 12.5 Å². The Morgan fingerprint density at radius 3 is 2.60 bits per heavy atom. The SMILES string of the molecule is COc1ccc2cc([S+]([O-])N3CCN=C3N3CCCN(C4CCC4)CC3)ccc2c1. The van der Waals surface area contributed by atoms with Crippen molar-refractivity contribution >= 4 is 28.1 Å². The van der Waals surface area contributed by atoms with Crippen LogP contribution in [0.5, 0.6) is 5.75 Å². The van der Waals surface area contributed by atoms with Gasteiger partial charge in [-0.3, -0.25) is 4.90 Å². The average Bonchev–Trinajstić information content (AvgIpc) is 3.11. The van der Waals surface area contributed by atoms with Crippen molar-refractivity contribution in [2.24, 2.45) is 4.99 Å². The molecule has 0 bridgehead atoms. The molecule has 6 nitrogen and oxygen atoms in total. The molecule has 160 valence electrons. The van der Waals surface area contributed by atoms with Gasteiger partial charge in [0.1, 0.15) is 17.1 Å². The van der Waals surface area contributed by atoms with Crippen LogP contribution < -0.4 is 4.74 Å². The number of aliphatic imine (C=N–C) groups is 1. The van der Waals surface area contributed by atoms with Crippen LogP contribution in [-0.2, 0) is 11.4 Å². The molecule has 2 aromatic rings. The van der Waals surface area contributed by atoms with Crippen LogP contribution in [-0.4, -0.2) is 77.0 Å². The van der Waals surface area contributed by atoms with E-state index in [-0.39, 0.29) is 0 Å². The minimum Gasteiger partial charge on any atom is -0.588 e. The monoisotopic (exact) mass is 426 g/mol. The van der Waals surface area contributed by atoms with E-state index in [0.29, 0.717) is 13.1 Å². The van der Waals surface area contributed by atoms with Crippen LogP contribution in [0.15, 0.2) is 46.3 Å². The van der Waals surface area contributed by atoms with Crippen LogP contribution in [0.2, 0.25) is 0 Å². The average molecular weight is 427 g/mol. The summed E-state index contributed by atoms with van der Waals surface area (Å²) in [7, 11) is 1.67. The van der Waals surface area contributed by atoms with E-state index in [9.17, 15) is 4.55 Å². The first-order chi connectivity index (χ1) is 14.7. The van der Waals surface area contributed by atoms with Gasteiger partial charge in [-0.25, -0.2) is 4.99 Å². The highest BCUT2D eigenvalue weighted by Gasteiger charge is 2.35. The third-order valence-electron chi connectivity index (χ3n) is 6.60. The van der Waals surface area contributed by atoms with Gasteiger partial charge in [0.25, 0.3) is 0 Å². The molecule has 2 heterocycles. The van der Waals surface area contributed by atoms with Gasteiger partial charge in [0, 0.05) is 38.3 Å². The summed E-state index contributed by atoms with van der Waals surface area (Å²) in [6.45, 7) is 5.65. The molecule has 1 aliphatic carbocycles. The highest BCUT2D eigenvalue weighted by molar-refractivity contribution is 7.89. The largest absolute Gasteiger partial charge is 0.588 e. The number of benzene rings is 2. The number of ether oxygens (including phenoxy) is 1. The van der Waals surface area contributed by atoms with Gasteiger partial charge in [0.15, 0.2) is 4.90 Å². The maximum atomic E-state index is 13.5. The van der Waals surface area contributed by atoms with Crippen molar-refractivity contribution in [2.45, 2.75) is 36.6 Å². The van der Waals surface area contributed by atoms with Crippen molar-refractivity contribution in [3.8, 4) is 5.75 Å². The van der Waals surface area contributed by atoms with E-state index in [1.165, 1.54) is 25.8 Å². The van der Waals surface area contributed by atoms with Gasteiger partial charge in [-0.05, 0) is 54.3 Å². The molecule has 2 fully saturated rings. The second-order valence-corrected chi connectivity index (χ2v) is 9.78. The van der Waals surface area contributed by atoms with Gasteiger partial charge in [0.2, 0.25) is 5.96 Å². The molecule has 30 heavy (non-hydrogen) atoms. The Bertz CT molecular complexity index is 933. The summed E-state index contributed by atoms with van der Waals surface area (Å²) in [6, 6.07) is 12.8. The second-order valence-electron chi connectivity index (χ2n) is 8.37. The zero-order valence-electron chi connectivity index (χ0n) is 17.6. The lowest BCUT2D eigenvalue weighted by molar-refractivity contribution is 0.134. The second kappa shape index (κ2) is 8.65. The number of methoxy groups -OCH3 is 1. The van der Waals surface area contributed by atoms with E-state index in [1.807, 2.05) is 40.7 Å². The Balaban J connectivity index is 1.31. The molecule has 1 saturated heterocycles. The van der Waals surface area contributed by atoms with Crippen LogP contribution in [0.25, 0.3) is 10.8 Å². The molecule has 0 spiro atoms. The fourth-order valence-corrected chi connectivity index (χ4v) is 5.89. The van der Waals surface area contributed by atoms with Gasteiger partial charge in [-0.2, -0.15) is 4.31 Å². The van der Waals surface area contributed by atoms with Crippen molar-refractivity contribution in [1.82, 2.24) is 14.1 Å². The molecule has 1 atom stereocenters. The summed E-state index contributed by atoms with van der Waals surface area (Å²) in [6.07, 6.45) is 5.23. The maximum absolute atomic E-state index is 13.5. The highest BCUT2D eigenvalue weighted by atomic mass is 32.2. The summed E-state index contributed by atoms with van der Waals surface area (Å²) in [4.78, 5) is 10.6. The third kappa shape index (κ3) is 3.86. The molecule has 2 aliphatic heterocycles. The number of hydrogen-bond acceptors (Lipinski definition) is 6. The molecular weight excluding hydrogens is 396 g/mol. The van der Waals surface area contributed by atoms with Gasteiger partial charge in [-0.15, -0.1) is 0 Å². The molecule has 3 aliphatic rings. The smallest absolute Gasteiger partial charge is 0.240 e. The first-order valence-electron chi connectivity index (χ1n) is 11.0. The Morgan fingerprint density at radius 1 is 0.967 bits per heavy atom. The van der Waals surface area contributed by atoms with Crippen molar-refractivity contribution < 1.29 is 9.29 Å². The molecule has 7 heteroatoms. The van der Waals surface area contributed by atoms with Crippen molar-refractivity contribution in [2.75, 3.05) is 46.4 Å². The summed E-state index contributed by atoms with van der Waals surface area (Å²) in [5.74, 6) is 1.75. The number of guanidine groups is 1. The Morgan fingerprint density at radius 2 is 1.80 bits per heavy atom. The van der Waals surface area contributed by atoms with Crippen LogP contribution >= 0.6 is 0 Å². The van der Waals surface area contributed by atoms with E-state index >= 15 is 0 Å². The number of hydrogen-bond donors (Lipinski definition) is 0. The van der Waals surface area contributed by atoms with Crippen molar-refractivity contribution in [3.05, 3.63) is 36.4 Å². The Kier molecular flexibility index (Phi) is 5.76. The van der Waals surface area contributed by atoms with Crippen LogP contribution in [0, 0.1) is 0 Å². The summed E-state index contributed by atoms with van der Waals surface area (Å²) < 4.78 is 20.8. The minimum absolute atomic E-state index is 0.714. The van der Waals surface area contributed by atoms with Gasteiger partial charge < -0.3 is 14.2 Å². The Hall–Kier alpha value is -1.96. The predicted octanol–water partition coefficient (Wildman–Crippen LogP) is 3.10. The topological polar surface area (TPSA) is 54.4 Å². The predicted molar refractivity (Wildman–Crippen MR) is 121 cm³/mol. The summed E-state index contributed by atoms with van der Waals surface area (Å²) in [5, 5.41) is 2.17. The van der Waals surface area contributed by atoms with E-state index in [0.717, 1.165) is 59.5 Å². The molecule has 0 amide bonds. The molecule has 0 aromatic heterocycles. The van der Waals surface area contributed by atoms with Crippen LogP contribution in [0.4, 0.5) is 0 Å². The van der Waals surface area contributed by atoms with E-state index in [4.69, 9.17) is 9.73 Å². The number of nitrogens with zero attached hydrogens (tertiary/aromatic N) is 4. The standard InChI is InChI=1S/C23H30N4O2S/c1-29-21-8-6-19-17-22(9-7-18(19)16-21)30(28)27-13-10-24-23(27)26-12-3-11-25(14-15-26)20-4-2-5-20/h6-9,16-17,20H,2-5,10-15H2,1H3. The van der Waals surface area contributed by atoms with E-state index in [1.54, 1.807) is 7.11 Å². The number of rotatable bonds is 4. The molecule has 1 unspecified atom stereocenters. The lowest BCUT2D eigenvalue weighted by Gasteiger charge is -2.37. The lowest BCUT2D eigenvalue weighted by atomic mass is 9.91. The van der Waals surface area contributed by atoms with Crippen molar-refractivity contribution in [1.29, 1.82) is 0 Å². The van der Waals surface area contributed by atoms with Crippen molar-refractivity contribution in [3.63, 3.8) is 0 Å². The Labute approximate surface area is 181 Å². The normalized spacial score (nSPS) is 22.0. The number of fused-ring (bicyclic) bond motifs is 1. The summed E-state index contributed by atoms with van der Waals surface area (Å²) in [5.41, 5.74) is 0. The molecule has 5 rings (SSSR count). The minimum atomic E-state index is -1.25. The van der Waals surface area contributed by atoms with Gasteiger partial charge >= 0.3 is 0 Å². The van der Waals surface area contributed by atoms with Crippen LogP contribution in [0.1, 0.15) is 25.7 Å². The molecule has 2 aromatic carbocycles. The quantitative estimate of drug-likeness (QED) is 0.703. The van der Waals surface area contributed by atoms with E-state index < -0.39 is 11.4 Å². The third-order valence-corrected chi connectivity index (χ3v) is 8.01. The zero-order valence-corrected chi connectivity index (χ0v) is 18.4. The molecular formula is C23H30N4O2S. The first kappa shape index (κ1) is 20.0. The molecule has 0 N–H and O–H groups in total. The molecule has 0 radical (unpaired) electrons.